The molecule has 0 saturated carbocycles. The molecule has 2 N–H and O–H groups in total. The van der Waals surface area contributed by atoms with E-state index in [4.69, 9.17) is 4.74 Å². The number of alkyl halides is 2. The SMILES string of the molecule is COC(=O)[C@@H]1Cc2ccccc2C[NH+]1CC(=O)Nc1ccc2c(c1)OC(F)(F)O2. The maximum atomic E-state index is 13.1. The van der Waals surface area contributed by atoms with Gasteiger partial charge in [0.05, 0.1) is 7.11 Å². The molecule has 0 spiro atoms. The van der Waals surface area contributed by atoms with Crippen LogP contribution in [0.4, 0.5) is 14.5 Å². The van der Waals surface area contributed by atoms with Crippen LogP contribution in [0, 0.1) is 0 Å². The number of hydrogen-bond acceptors (Lipinski definition) is 5. The van der Waals surface area contributed by atoms with Gasteiger partial charge < -0.3 is 24.4 Å². The molecule has 0 saturated heterocycles. The van der Waals surface area contributed by atoms with Crippen molar-refractivity contribution in [3.05, 3.63) is 53.6 Å². The first-order valence-corrected chi connectivity index (χ1v) is 9.03. The number of quaternary nitrogens is 1. The molecule has 1 amide bonds. The van der Waals surface area contributed by atoms with E-state index < -0.39 is 12.3 Å². The van der Waals surface area contributed by atoms with E-state index >= 15 is 0 Å². The lowest BCUT2D eigenvalue weighted by Crippen LogP contribution is -3.17. The predicted molar refractivity (Wildman–Crippen MR) is 96.8 cm³/mol. The van der Waals surface area contributed by atoms with Crippen molar-refractivity contribution < 1.29 is 37.5 Å². The normalized spacial score (nSPS) is 21.2. The summed E-state index contributed by atoms with van der Waals surface area (Å²) in [6.45, 7) is 0.509. The van der Waals surface area contributed by atoms with E-state index in [2.05, 4.69) is 14.8 Å². The highest BCUT2D eigenvalue weighted by Gasteiger charge is 2.43. The Hall–Kier alpha value is -3.20. The van der Waals surface area contributed by atoms with E-state index in [1.807, 2.05) is 24.3 Å². The number of rotatable bonds is 4. The van der Waals surface area contributed by atoms with Crippen LogP contribution in [0.3, 0.4) is 0 Å². The van der Waals surface area contributed by atoms with Crippen molar-refractivity contribution in [2.75, 3.05) is 19.0 Å². The third-order valence-corrected chi connectivity index (χ3v) is 5.01. The van der Waals surface area contributed by atoms with Crippen LogP contribution < -0.4 is 19.7 Å². The zero-order chi connectivity index (χ0) is 20.6. The summed E-state index contributed by atoms with van der Waals surface area (Å²) in [5, 5.41) is 2.66. The number of benzene rings is 2. The topological polar surface area (TPSA) is 78.3 Å². The maximum absolute atomic E-state index is 13.1. The van der Waals surface area contributed by atoms with Gasteiger partial charge in [-0.05, 0) is 17.7 Å². The summed E-state index contributed by atoms with van der Waals surface area (Å²) >= 11 is 0. The molecular weight excluding hydrogens is 386 g/mol. The van der Waals surface area contributed by atoms with Crippen molar-refractivity contribution in [1.82, 2.24) is 0 Å². The van der Waals surface area contributed by atoms with E-state index in [1.165, 1.54) is 25.3 Å². The average Bonchev–Trinajstić information content (AvgIpc) is 2.99. The minimum Gasteiger partial charge on any atom is -0.465 e. The zero-order valence-electron chi connectivity index (χ0n) is 15.5. The van der Waals surface area contributed by atoms with Crippen LogP contribution in [0.2, 0.25) is 0 Å². The molecule has 0 aromatic heterocycles. The fourth-order valence-electron chi connectivity index (χ4n) is 3.68. The second-order valence-electron chi connectivity index (χ2n) is 6.94. The summed E-state index contributed by atoms with van der Waals surface area (Å²) < 4.78 is 39.9. The standard InChI is InChI=1S/C20H18F2N2O5/c1-27-19(26)15-8-12-4-2-3-5-13(12)10-24(15)11-18(25)23-14-6-7-16-17(9-14)29-20(21,22)28-16/h2-7,9,15H,8,10-11H2,1H3,(H,23,25)/p+1/t15-/m0/s1. The Bertz CT molecular complexity index is 966. The molecule has 29 heavy (non-hydrogen) atoms. The number of fused-ring (bicyclic) bond motifs is 2. The number of nitrogens with one attached hydrogen (secondary N) is 2. The number of carbonyl (C=O) groups is 2. The number of methoxy groups -OCH3 is 1. The van der Waals surface area contributed by atoms with Crippen molar-refractivity contribution in [3.8, 4) is 11.5 Å². The van der Waals surface area contributed by atoms with Gasteiger partial charge in [0.1, 0.15) is 6.54 Å². The molecule has 2 aromatic rings. The lowest BCUT2D eigenvalue weighted by atomic mass is 9.94. The van der Waals surface area contributed by atoms with E-state index in [0.29, 0.717) is 18.7 Å². The van der Waals surface area contributed by atoms with Crippen molar-refractivity contribution in [2.45, 2.75) is 25.3 Å². The third kappa shape index (κ3) is 4.00. The highest BCUT2D eigenvalue weighted by atomic mass is 19.3. The van der Waals surface area contributed by atoms with Gasteiger partial charge in [-0.15, -0.1) is 8.78 Å². The average molecular weight is 405 g/mol. The highest BCUT2D eigenvalue weighted by Crippen LogP contribution is 2.42. The minimum absolute atomic E-state index is 0.0126. The maximum Gasteiger partial charge on any atom is 0.586 e. The number of carbonyl (C=O) groups excluding carboxylic acids is 2. The van der Waals surface area contributed by atoms with Crippen LogP contribution in [0.25, 0.3) is 0 Å². The van der Waals surface area contributed by atoms with E-state index in [9.17, 15) is 18.4 Å². The van der Waals surface area contributed by atoms with Crippen LogP contribution in [-0.2, 0) is 27.3 Å². The van der Waals surface area contributed by atoms with Crippen LogP contribution >= 0.6 is 0 Å². The predicted octanol–water partition coefficient (Wildman–Crippen LogP) is 1.13. The highest BCUT2D eigenvalue weighted by molar-refractivity contribution is 5.92. The quantitative estimate of drug-likeness (QED) is 0.746. The molecule has 2 heterocycles. The van der Waals surface area contributed by atoms with Gasteiger partial charge in [-0.3, -0.25) is 4.79 Å². The Labute approximate surface area is 165 Å². The summed E-state index contributed by atoms with van der Waals surface area (Å²) in [5.74, 6) is -0.997. The third-order valence-electron chi connectivity index (χ3n) is 5.01. The summed E-state index contributed by atoms with van der Waals surface area (Å²) in [7, 11) is 1.32. The van der Waals surface area contributed by atoms with Crippen molar-refractivity contribution >= 4 is 17.6 Å². The van der Waals surface area contributed by atoms with Gasteiger partial charge in [-0.1, -0.05) is 24.3 Å². The molecule has 2 aliphatic heterocycles. The number of hydrogen-bond donors (Lipinski definition) is 2. The van der Waals surface area contributed by atoms with E-state index in [-0.39, 0.29) is 29.9 Å². The van der Waals surface area contributed by atoms with Crippen LogP contribution in [-0.4, -0.2) is 37.9 Å². The first kappa shape index (κ1) is 19.1. The van der Waals surface area contributed by atoms with Crippen LogP contribution in [0.5, 0.6) is 11.5 Å². The second-order valence-corrected chi connectivity index (χ2v) is 6.94. The van der Waals surface area contributed by atoms with E-state index in [1.54, 1.807) is 0 Å². The Morgan fingerprint density at radius 1 is 1.17 bits per heavy atom. The summed E-state index contributed by atoms with van der Waals surface area (Å²) in [6, 6.07) is 11.3. The lowest BCUT2D eigenvalue weighted by molar-refractivity contribution is -0.924. The van der Waals surface area contributed by atoms with Crippen molar-refractivity contribution in [3.63, 3.8) is 0 Å². The monoisotopic (exact) mass is 405 g/mol. The fraction of sp³-hybridized carbons (Fsp3) is 0.300. The smallest absolute Gasteiger partial charge is 0.465 e. The zero-order valence-corrected chi connectivity index (χ0v) is 15.5. The molecule has 0 aliphatic carbocycles. The lowest BCUT2D eigenvalue weighted by Gasteiger charge is -2.31. The van der Waals surface area contributed by atoms with Gasteiger partial charge in [0.25, 0.3) is 5.91 Å². The molecule has 0 bridgehead atoms. The number of amides is 1. The van der Waals surface area contributed by atoms with Gasteiger partial charge in [0.2, 0.25) is 0 Å². The summed E-state index contributed by atoms with van der Waals surface area (Å²) in [6.07, 6.45) is -3.24. The molecule has 0 radical (unpaired) electrons. The van der Waals surface area contributed by atoms with Gasteiger partial charge in [-0.25, -0.2) is 4.79 Å². The molecule has 7 nitrogen and oxygen atoms in total. The largest absolute Gasteiger partial charge is 0.586 e. The molecule has 1 unspecified atom stereocenters. The first-order chi connectivity index (χ1) is 13.8. The Balaban J connectivity index is 1.47. The van der Waals surface area contributed by atoms with Gasteiger partial charge in [0, 0.05) is 23.7 Å². The Kier molecular flexibility index (Phi) is 4.83. The Morgan fingerprint density at radius 3 is 2.66 bits per heavy atom. The molecule has 2 aliphatic rings. The summed E-state index contributed by atoms with van der Waals surface area (Å²) in [5.41, 5.74) is 2.42. The van der Waals surface area contributed by atoms with Gasteiger partial charge >= 0.3 is 12.3 Å². The van der Waals surface area contributed by atoms with Crippen molar-refractivity contribution in [1.29, 1.82) is 0 Å². The Morgan fingerprint density at radius 2 is 1.90 bits per heavy atom. The number of esters is 1. The molecule has 0 fully saturated rings. The molecule has 2 aromatic carbocycles. The first-order valence-electron chi connectivity index (χ1n) is 9.03. The number of ether oxygens (including phenoxy) is 3. The number of halogens is 2. The number of anilines is 1. The molecule has 2 atom stereocenters. The van der Waals surface area contributed by atoms with Crippen molar-refractivity contribution in [2.24, 2.45) is 0 Å². The molecule has 9 heteroatoms. The molecule has 4 rings (SSSR count). The van der Waals surface area contributed by atoms with E-state index in [0.717, 1.165) is 16.0 Å². The second kappa shape index (κ2) is 7.32. The molecule has 152 valence electrons. The van der Waals surface area contributed by atoms with Crippen LogP contribution in [0.15, 0.2) is 42.5 Å². The van der Waals surface area contributed by atoms with Gasteiger partial charge in [-0.2, -0.15) is 0 Å². The van der Waals surface area contributed by atoms with Crippen LogP contribution in [0.1, 0.15) is 11.1 Å². The minimum atomic E-state index is -3.72. The summed E-state index contributed by atoms with van der Waals surface area (Å²) in [4.78, 5) is 25.6. The fourth-order valence-corrected chi connectivity index (χ4v) is 3.68. The molecular formula is C20H19F2N2O5+. The van der Waals surface area contributed by atoms with Gasteiger partial charge in [0.15, 0.2) is 24.1 Å².